The van der Waals surface area contributed by atoms with Crippen LogP contribution >= 0.6 is 0 Å². The number of hydrogen-bond acceptors (Lipinski definition) is 4. The number of aliphatic carboxylic acids is 1. The van der Waals surface area contributed by atoms with Gasteiger partial charge in [0.1, 0.15) is 0 Å². The van der Waals surface area contributed by atoms with Crippen LogP contribution in [0.1, 0.15) is 19.8 Å². The largest absolute Gasteiger partial charge is 0.481 e. The lowest BCUT2D eigenvalue weighted by Crippen LogP contribution is -2.17. The minimum absolute atomic E-state index is 0.0450. The van der Waals surface area contributed by atoms with E-state index in [4.69, 9.17) is 10.2 Å². The van der Waals surface area contributed by atoms with Gasteiger partial charge in [-0.1, -0.05) is 0 Å². The van der Waals surface area contributed by atoms with Crippen LogP contribution in [0.2, 0.25) is 0 Å². The molecule has 0 saturated carbocycles. The number of carboxylic acids is 1. The fourth-order valence-electron chi connectivity index (χ4n) is 0.904. The normalized spacial score (nSPS) is 12.2. The van der Waals surface area contributed by atoms with Crippen LogP contribution in [0.3, 0.4) is 0 Å². The second-order valence-electron chi connectivity index (χ2n) is 2.66. The summed E-state index contributed by atoms with van der Waals surface area (Å²) in [6.07, 6.45) is -0.258. The molecule has 2 N–H and O–H groups in total. The maximum Gasteiger partial charge on any atom is 0.306 e. The maximum atomic E-state index is 10.9. The van der Waals surface area contributed by atoms with Crippen molar-refractivity contribution in [3.05, 3.63) is 0 Å². The molecular weight excluding hydrogens is 176 g/mol. The Balaban J connectivity index is 3.83. The fourth-order valence-corrected chi connectivity index (χ4v) is 0.904. The maximum absolute atomic E-state index is 10.9. The highest BCUT2D eigenvalue weighted by Crippen LogP contribution is 2.08. The highest BCUT2D eigenvalue weighted by molar-refractivity contribution is 5.72. The molecule has 0 aliphatic heterocycles. The first-order valence-corrected chi connectivity index (χ1v) is 4.08. The molecule has 0 spiro atoms. The summed E-state index contributed by atoms with van der Waals surface area (Å²) in [7, 11) is 0. The second kappa shape index (κ2) is 6.42. The molecular formula is C8H14O5. The molecule has 0 saturated heterocycles. The van der Waals surface area contributed by atoms with E-state index in [0.29, 0.717) is 0 Å². The van der Waals surface area contributed by atoms with E-state index in [1.165, 1.54) is 0 Å². The number of rotatable bonds is 6. The average molecular weight is 190 g/mol. The van der Waals surface area contributed by atoms with Crippen molar-refractivity contribution in [1.29, 1.82) is 0 Å². The predicted octanol–water partition coefficient (Wildman–Crippen LogP) is 0.0228. The summed E-state index contributed by atoms with van der Waals surface area (Å²) in [5.41, 5.74) is 0. The number of esters is 1. The molecule has 0 fully saturated rings. The Labute approximate surface area is 76.3 Å². The summed E-state index contributed by atoms with van der Waals surface area (Å²) in [6, 6.07) is 0. The zero-order valence-corrected chi connectivity index (χ0v) is 7.52. The highest BCUT2D eigenvalue weighted by atomic mass is 16.5. The predicted molar refractivity (Wildman–Crippen MR) is 44.1 cm³/mol. The Morgan fingerprint density at radius 2 is 2.00 bits per heavy atom. The van der Waals surface area contributed by atoms with Gasteiger partial charge in [0.15, 0.2) is 0 Å². The third-order valence-electron chi connectivity index (χ3n) is 1.48. The average Bonchev–Trinajstić information content (AvgIpc) is 2.02. The number of carbonyl (C=O) groups is 2. The van der Waals surface area contributed by atoms with E-state index < -0.39 is 17.9 Å². The molecule has 1 atom stereocenters. The van der Waals surface area contributed by atoms with Gasteiger partial charge in [-0.2, -0.15) is 0 Å². The molecule has 13 heavy (non-hydrogen) atoms. The van der Waals surface area contributed by atoms with Gasteiger partial charge in [-0.15, -0.1) is 0 Å². The number of aliphatic hydroxyl groups is 1. The minimum atomic E-state index is -1.02. The van der Waals surface area contributed by atoms with Gasteiger partial charge in [-0.05, 0) is 6.92 Å². The summed E-state index contributed by atoms with van der Waals surface area (Å²) in [5.74, 6) is -2.04. The second-order valence-corrected chi connectivity index (χ2v) is 2.66. The zero-order valence-electron chi connectivity index (χ0n) is 7.52. The number of ether oxygens (including phenoxy) is 1. The van der Waals surface area contributed by atoms with Crippen molar-refractivity contribution < 1.29 is 24.5 Å². The summed E-state index contributed by atoms with van der Waals surface area (Å²) in [4.78, 5) is 21.1. The standard InChI is InChI=1S/C8H14O5/c1-2-13-8(12)4-6(5-9)3-7(10)11/h6,9H,2-5H2,1H3,(H,10,11). The quantitative estimate of drug-likeness (QED) is 0.577. The molecule has 0 rings (SSSR count). The molecule has 0 aromatic heterocycles. The van der Waals surface area contributed by atoms with Crippen LogP contribution in [-0.2, 0) is 14.3 Å². The van der Waals surface area contributed by atoms with Crippen molar-refractivity contribution in [1.82, 2.24) is 0 Å². The van der Waals surface area contributed by atoms with Gasteiger partial charge in [-0.25, -0.2) is 0 Å². The summed E-state index contributed by atoms with van der Waals surface area (Å²) >= 11 is 0. The lowest BCUT2D eigenvalue weighted by molar-refractivity contribution is -0.145. The number of carbonyl (C=O) groups excluding carboxylic acids is 1. The lowest BCUT2D eigenvalue weighted by atomic mass is 10.0. The highest BCUT2D eigenvalue weighted by Gasteiger charge is 2.16. The molecule has 0 heterocycles. The molecule has 0 bridgehead atoms. The molecule has 0 aliphatic rings. The first kappa shape index (κ1) is 11.9. The van der Waals surface area contributed by atoms with E-state index in [9.17, 15) is 9.59 Å². The molecule has 76 valence electrons. The van der Waals surface area contributed by atoms with Gasteiger partial charge < -0.3 is 14.9 Å². The van der Waals surface area contributed by atoms with Crippen LogP contribution in [0, 0.1) is 5.92 Å². The third-order valence-corrected chi connectivity index (χ3v) is 1.48. The Kier molecular flexibility index (Phi) is 5.88. The first-order chi connectivity index (χ1) is 6.10. The van der Waals surface area contributed by atoms with E-state index in [2.05, 4.69) is 4.74 Å². The third kappa shape index (κ3) is 6.10. The van der Waals surface area contributed by atoms with Gasteiger partial charge in [0, 0.05) is 12.5 Å². The van der Waals surface area contributed by atoms with Gasteiger partial charge in [-0.3, -0.25) is 9.59 Å². The molecule has 0 amide bonds. The zero-order chi connectivity index (χ0) is 10.3. The summed E-state index contributed by atoms with van der Waals surface area (Å²) in [6.45, 7) is 1.62. The smallest absolute Gasteiger partial charge is 0.306 e. The van der Waals surface area contributed by atoms with E-state index in [0.717, 1.165) is 0 Å². The SMILES string of the molecule is CCOC(=O)CC(CO)CC(=O)O. The fraction of sp³-hybridized carbons (Fsp3) is 0.750. The Morgan fingerprint density at radius 1 is 1.38 bits per heavy atom. The Hall–Kier alpha value is -1.10. The molecule has 0 aliphatic carbocycles. The van der Waals surface area contributed by atoms with Crippen LogP contribution in [0.4, 0.5) is 0 Å². The molecule has 0 radical (unpaired) electrons. The van der Waals surface area contributed by atoms with Crippen LogP contribution in [-0.4, -0.2) is 35.4 Å². The van der Waals surface area contributed by atoms with Crippen molar-refractivity contribution in [2.75, 3.05) is 13.2 Å². The number of carboxylic acid groups (broad SMARTS) is 1. The summed E-state index contributed by atoms with van der Waals surface area (Å²) in [5, 5.41) is 17.1. The minimum Gasteiger partial charge on any atom is -0.481 e. The van der Waals surface area contributed by atoms with Gasteiger partial charge in [0.25, 0.3) is 0 Å². The molecule has 5 heteroatoms. The van der Waals surface area contributed by atoms with Crippen molar-refractivity contribution in [3.8, 4) is 0 Å². The van der Waals surface area contributed by atoms with Crippen LogP contribution < -0.4 is 0 Å². The Bertz CT molecular complexity index is 177. The van der Waals surface area contributed by atoms with Crippen LogP contribution in [0.25, 0.3) is 0 Å². The van der Waals surface area contributed by atoms with Crippen molar-refractivity contribution >= 4 is 11.9 Å². The van der Waals surface area contributed by atoms with E-state index in [1.807, 2.05) is 0 Å². The van der Waals surface area contributed by atoms with Crippen molar-refractivity contribution in [3.63, 3.8) is 0 Å². The van der Waals surface area contributed by atoms with Crippen molar-refractivity contribution in [2.24, 2.45) is 5.92 Å². The lowest BCUT2D eigenvalue weighted by Gasteiger charge is -2.09. The van der Waals surface area contributed by atoms with Gasteiger partial charge >= 0.3 is 11.9 Å². The molecule has 0 aromatic carbocycles. The number of aliphatic hydroxyl groups excluding tert-OH is 1. The summed E-state index contributed by atoms with van der Waals surface area (Å²) < 4.78 is 4.61. The van der Waals surface area contributed by atoms with Crippen LogP contribution in [0.15, 0.2) is 0 Å². The first-order valence-electron chi connectivity index (χ1n) is 4.08. The topological polar surface area (TPSA) is 83.8 Å². The monoisotopic (exact) mass is 190 g/mol. The molecule has 0 aromatic rings. The van der Waals surface area contributed by atoms with Crippen molar-refractivity contribution in [2.45, 2.75) is 19.8 Å². The van der Waals surface area contributed by atoms with E-state index in [1.54, 1.807) is 6.92 Å². The Morgan fingerprint density at radius 3 is 2.38 bits per heavy atom. The van der Waals surface area contributed by atoms with E-state index >= 15 is 0 Å². The number of hydrogen-bond donors (Lipinski definition) is 2. The van der Waals surface area contributed by atoms with Gasteiger partial charge in [0.05, 0.1) is 19.4 Å². The van der Waals surface area contributed by atoms with Crippen LogP contribution in [0.5, 0.6) is 0 Å². The molecule has 5 nitrogen and oxygen atoms in total. The van der Waals surface area contributed by atoms with E-state index in [-0.39, 0.29) is 26.1 Å². The molecule has 1 unspecified atom stereocenters. The van der Waals surface area contributed by atoms with Gasteiger partial charge in [0.2, 0.25) is 0 Å².